The van der Waals surface area contributed by atoms with Crippen molar-refractivity contribution in [2.45, 2.75) is 32.3 Å². The summed E-state index contributed by atoms with van der Waals surface area (Å²) >= 11 is 0. The van der Waals surface area contributed by atoms with E-state index in [0.29, 0.717) is 0 Å². The van der Waals surface area contributed by atoms with Gasteiger partial charge in [0.15, 0.2) is 0 Å². The smallest absolute Gasteiger partial charge is 0.0627 e. The molecule has 2 N–H and O–H groups in total. The van der Waals surface area contributed by atoms with E-state index in [1.807, 2.05) is 0 Å². The van der Waals surface area contributed by atoms with Gasteiger partial charge in [-0.25, -0.2) is 0 Å². The highest BCUT2D eigenvalue weighted by Gasteiger charge is 2.22. The maximum absolute atomic E-state index is 5.34. The van der Waals surface area contributed by atoms with Crippen LogP contribution in [-0.2, 0) is 4.74 Å². The van der Waals surface area contributed by atoms with Gasteiger partial charge in [-0.05, 0) is 26.7 Å². The van der Waals surface area contributed by atoms with E-state index in [1.54, 1.807) is 0 Å². The van der Waals surface area contributed by atoms with Gasteiger partial charge in [0, 0.05) is 6.61 Å². The van der Waals surface area contributed by atoms with Crippen molar-refractivity contribution in [2.24, 2.45) is 0 Å². The molecule has 0 saturated carbocycles. The van der Waals surface area contributed by atoms with Crippen molar-refractivity contribution in [2.75, 3.05) is 6.61 Å². The molecular formula is C6H14O2. The minimum Gasteiger partial charge on any atom is -0.412 e. The summed E-state index contributed by atoms with van der Waals surface area (Å²) in [6.45, 7) is 5.24. The van der Waals surface area contributed by atoms with Crippen molar-refractivity contribution in [1.29, 1.82) is 0 Å². The molecule has 2 nitrogen and oxygen atoms in total. The van der Waals surface area contributed by atoms with Crippen LogP contribution in [0.1, 0.15) is 26.7 Å². The first-order valence-corrected chi connectivity index (χ1v) is 2.85. The molecule has 0 unspecified atom stereocenters. The summed E-state index contributed by atoms with van der Waals surface area (Å²) in [6, 6.07) is 0. The lowest BCUT2D eigenvalue weighted by molar-refractivity contribution is 0.0367. The molecule has 0 bridgehead atoms. The highest BCUT2D eigenvalue weighted by atomic mass is 16.5. The Hall–Kier alpha value is -0.0800. The Morgan fingerprint density at radius 1 is 1.38 bits per heavy atom. The summed E-state index contributed by atoms with van der Waals surface area (Å²) in [5.74, 6) is 0. The summed E-state index contributed by atoms with van der Waals surface area (Å²) in [5, 5.41) is 0. The van der Waals surface area contributed by atoms with Crippen LogP contribution in [0.4, 0.5) is 0 Å². The predicted octanol–water partition coefficient (Wildman–Crippen LogP) is 0.751. The topological polar surface area (TPSA) is 40.7 Å². The van der Waals surface area contributed by atoms with Crippen LogP contribution in [0.5, 0.6) is 0 Å². The summed E-state index contributed by atoms with van der Waals surface area (Å²) in [6.07, 6.45) is 2.47. The average molecular weight is 118 g/mol. The second-order valence-electron chi connectivity index (χ2n) is 2.71. The first-order valence-electron chi connectivity index (χ1n) is 2.85. The molecule has 50 valence electrons. The Labute approximate surface area is 50.2 Å². The van der Waals surface area contributed by atoms with Crippen LogP contribution < -0.4 is 0 Å². The standard InChI is InChI=1S/C6H12O.H2O/c1-6(2)4-3-5-7-6;/h3-5H2,1-2H3;1H2. The van der Waals surface area contributed by atoms with Crippen LogP contribution in [-0.4, -0.2) is 17.7 Å². The van der Waals surface area contributed by atoms with Crippen molar-refractivity contribution in [3.05, 3.63) is 0 Å². The van der Waals surface area contributed by atoms with Gasteiger partial charge in [0.25, 0.3) is 0 Å². The van der Waals surface area contributed by atoms with Crippen LogP contribution in [0.3, 0.4) is 0 Å². The van der Waals surface area contributed by atoms with Crippen molar-refractivity contribution < 1.29 is 10.2 Å². The Morgan fingerprint density at radius 2 is 2.00 bits per heavy atom. The summed E-state index contributed by atoms with van der Waals surface area (Å²) in [4.78, 5) is 0. The van der Waals surface area contributed by atoms with Gasteiger partial charge < -0.3 is 10.2 Å². The molecule has 0 spiro atoms. The molecule has 1 heterocycles. The van der Waals surface area contributed by atoms with Gasteiger partial charge in [0.05, 0.1) is 5.60 Å². The lowest BCUT2D eigenvalue weighted by Crippen LogP contribution is -2.15. The largest absolute Gasteiger partial charge is 0.412 e. The van der Waals surface area contributed by atoms with Gasteiger partial charge in [-0.1, -0.05) is 0 Å². The first-order chi connectivity index (χ1) is 3.21. The second kappa shape index (κ2) is 2.46. The fourth-order valence-corrected chi connectivity index (χ4v) is 0.919. The van der Waals surface area contributed by atoms with Crippen LogP contribution in [0.2, 0.25) is 0 Å². The van der Waals surface area contributed by atoms with E-state index in [4.69, 9.17) is 4.74 Å². The van der Waals surface area contributed by atoms with Gasteiger partial charge in [-0.15, -0.1) is 0 Å². The van der Waals surface area contributed by atoms with Gasteiger partial charge in [-0.3, -0.25) is 0 Å². The Balaban J connectivity index is 0.000000490. The SMILES string of the molecule is CC1(C)CCCO1.O. The van der Waals surface area contributed by atoms with Gasteiger partial charge in [-0.2, -0.15) is 0 Å². The van der Waals surface area contributed by atoms with Crippen molar-refractivity contribution in [3.63, 3.8) is 0 Å². The van der Waals surface area contributed by atoms with Crippen LogP contribution in [0.25, 0.3) is 0 Å². The quantitative estimate of drug-likeness (QED) is 0.462. The van der Waals surface area contributed by atoms with Crippen molar-refractivity contribution in [1.82, 2.24) is 0 Å². The lowest BCUT2D eigenvalue weighted by atomic mass is 10.1. The fraction of sp³-hybridized carbons (Fsp3) is 1.00. The first kappa shape index (κ1) is 7.92. The number of ether oxygens (including phenoxy) is 1. The molecule has 8 heavy (non-hydrogen) atoms. The summed E-state index contributed by atoms with van der Waals surface area (Å²) in [5.41, 5.74) is 0.194. The normalized spacial score (nSPS) is 24.8. The third-order valence-electron chi connectivity index (χ3n) is 1.42. The van der Waals surface area contributed by atoms with E-state index in [1.165, 1.54) is 12.8 Å². The molecule has 0 aromatic carbocycles. The molecule has 1 aliphatic heterocycles. The van der Waals surface area contributed by atoms with Crippen molar-refractivity contribution >= 4 is 0 Å². The highest BCUT2D eigenvalue weighted by molar-refractivity contribution is 4.72. The molecule has 0 radical (unpaired) electrons. The maximum atomic E-state index is 5.34. The minimum absolute atomic E-state index is 0. The monoisotopic (exact) mass is 118 g/mol. The van der Waals surface area contributed by atoms with Gasteiger partial charge in [0.1, 0.15) is 0 Å². The fourth-order valence-electron chi connectivity index (χ4n) is 0.919. The average Bonchev–Trinajstić information content (AvgIpc) is 1.84. The molecule has 0 atom stereocenters. The Bertz CT molecular complexity index is 60.9. The van der Waals surface area contributed by atoms with Crippen molar-refractivity contribution in [3.8, 4) is 0 Å². The van der Waals surface area contributed by atoms with Gasteiger partial charge in [0.2, 0.25) is 0 Å². The second-order valence-corrected chi connectivity index (χ2v) is 2.71. The molecule has 0 amide bonds. The van der Waals surface area contributed by atoms with Crippen LogP contribution in [0.15, 0.2) is 0 Å². The zero-order chi connectivity index (χ0) is 5.33. The maximum Gasteiger partial charge on any atom is 0.0627 e. The van der Waals surface area contributed by atoms with E-state index in [0.717, 1.165) is 6.61 Å². The molecule has 1 saturated heterocycles. The number of hydrogen-bond donors (Lipinski definition) is 0. The number of hydrogen-bond acceptors (Lipinski definition) is 1. The third kappa shape index (κ3) is 1.80. The van der Waals surface area contributed by atoms with Crippen LogP contribution in [0, 0.1) is 0 Å². The number of rotatable bonds is 0. The van der Waals surface area contributed by atoms with Gasteiger partial charge >= 0.3 is 0 Å². The molecule has 1 fully saturated rings. The Morgan fingerprint density at radius 3 is 2.12 bits per heavy atom. The van der Waals surface area contributed by atoms with Crippen LogP contribution >= 0.6 is 0 Å². The van der Waals surface area contributed by atoms with E-state index in [2.05, 4.69) is 13.8 Å². The van der Waals surface area contributed by atoms with E-state index >= 15 is 0 Å². The molecular weight excluding hydrogens is 104 g/mol. The zero-order valence-electron chi connectivity index (χ0n) is 5.53. The Kier molecular flexibility index (Phi) is 2.44. The van der Waals surface area contributed by atoms with E-state index in [9.17, 15) is 0 Å². The lowest BCUT2D eigenvalue weighted by Gasteiger charge is -2.14. The minimum atomic E-state index is 0. The van der Waals surface area contributed by atoms with E-state index < -0.39 is 0 Å². The third-order valence-corrected chi connectivity index (χ3v) is 1.42. The molecule has 0 aromatic heterocycles. The summed E-state index contributed by atoms with van der Waals surface area (Å²) < 4.78 is 5.34. The molecule has 1 aliphatic rings. The molecule has 0 aromatic rings. The highest BCUT2D eigenvalue weighted by Crippen LogP contribution is 2.22. The molecule has 0 aliphatic carbocycles. The summed E-state index contributed by atoms with van der Waals surface area (Å²) in [7, 11) is 0. The molecule has 1 rings (SSSR count). The molecule has 2 heteroatoms. The van der Waals surface area contributed by atoms with E-state index in [-0.39, 0.29) is 11.1 Å². The zero-order valence-corrected chi connectivity index (χ0v) is 5.53. The predicted molar refractivity (Wildman–Crippen MR) is 32.9 cm³/mol.